The third-order valence-electron chi connectivity index (χ3n) is 4.24. The number of carbonyl (C=O) groups is 2. The zero-order valence-electron chi connectivity index (χ0n) is 14.5. The third kappa shape index (κ3) is 5.24. The van der Waals surface area contributed by atoms with Gasteiger partial charge in [-0.3, -0.25) is 10.1 Å². The third-order valence-corrected chi connectivity index (χ3v) is 4.24. The summed E-state index contributed by atoms with van der Waals surface area (Å²) in [7, 11) is 0. The van der Waals surface area contributed by atoms with E-state index in [1.807, 2.05) is 54.6 Å². The highest BCUT2D eigenvalue weighted by molar-refractivity contribution is 5.96. The number of para-hydroxylation sites is 3. The van der Waals surface area contributed by atoms with Gasteiger partial charge < -0.3 is 15.4 Å². The second kappa shape index (κ2) is 8.89. The van der Waals surface area contributed by atoms with Gasteiger partial charge in [0.15, 0.2) is 5.75 Å². The summed E-state index contributed by atoms with van der Waals surface area (Å²) in [5.41, 5.74) is 0.683. The maximum Gasteiger partial charge on any atom is 0.321 e. The molecule has 2 aromatic rings. The van der Waals surface area contributed by atoms with E-state index in [4.69, 9.17) is 4.74 Å². The molecule has 6 heteroatoms. The molecular weight excluding hydrogens is 330 g/mol. The molecule has 0 saturated heterocycles. The summed E-state index contributed by atoms with van der Waals surface area (Å²) in [6.07, 6.45) is 4.20. The molecule has 6 nitrogen and oxygen atoms in total. The van der Waals surface area contributed by atoms with Crippen LogP contribution in [0.15, 0.2) is 54.6 Å². The average molecular weight is 353 g/mol. The number of hydrogen-bond donors (Lipinski definition) is 3. The van der Waals surface area contributed by atoms with Crippen LogP contribution in [0.2, 0.25) is 0 Å². The Bertz CT molecular complexity index is 743. The standard InChI is InChI=1S/C20H23N3O3/c24-19(23-20(25)22-15-8-4-5-9-15)14-21-17-12-6-7-13-18(17)26-16-10-2-1-3-11-16/h1-3,6-7,10-13,15,21H,4-5,8-9,14H2,(H2,22,23,24,25). The van der Waals surface area contributed by atoms with E-state index < -0.39 is 11.9 Å². The van der Waals surface area contributed by atoms with E-state index in [1.165, 1.54) is 0 Å². The van der Waals surface area contributed by atoms with Crippen molar-refractivity contribution in [2.75, 3.05) is 11.9 Å². The molecule has 136 valence electrons. The monoisotopic (exact) mass is 353 g/mol. The van der Waals surface area contributed by atoms with Crippen LogP contribution in [0.4, 0.5) is 10.5 Å². The Labute approximate surface area is 152 Å². The van der Waals surface area contributed by atoms with Crippen LogP contribution in [-0.2, 0) is 4.79 Å². The largest absolute Gasteiger partial charge is 0.455 e. The highest BCUT2D eigenvalue weighted by Gasteiger charge is 2.18. The van der Waals surface area contributed by atoms with Gasteiger partial charge >= 0.3 is 6.03 Å². The van der Waals surface area contributed by atoms with Crippen LogP contribution in [0.1, 0.15) is 25.7 Å². The van der Waals surface area contributed by atoms with Crippen LogP contribution >= 0.6 is 0 Å². The summed E-state index contributed by atoms with van der Waals surface area (Å²) in [4.78, 5) is 23.8. The highest BCUT2D eigenvalue weighted by Crippen LogP contribution is 2.28. The smallest absolute Gasteiger partial charge is 0.321 e. The number of urea groups is 1. The number of anilines is 1. The molecular formula is C20H23N3O3. The van der Waals surface area contributed by atoms with Crippen molar-refractivity contribution in [1.82, 2.24) is 10.6 Å². The fourth-order valence-electron chi connectivity index (χ4n) is 2.96. The van der Waals surface area contributed by atoms with E-state index in [9.17, 15) is 9.59 Å². The van der Waals surface area contributed by atoms with Gasteiger partial charge in [-0.1, -0.05) is 43.2 Å². The van der Waals surface area contributed by atoms with Crippen molar-refractivity contribution in [3.63, 3.8) is 0 Å². The number of benzene rings is 2. The first-order valence-electron chi connectivity index (χ1n) is 8.87. The Kier molecular flexibility index (Phi) is 6.09. The molecule has 1 fully saturated rings. The Morgan fingerprint density at radius 3 is 2.42 bits per heavy atom. The molecule has 0 radical (unpaired) electrons. The summed E-state index contributed by atoms with van der Waals surface area (Å²) in [5.74, 6) is 0.930. The lowest BCUT2D eigenvalue weighted by atomic mass is 10.2. The molecule has 26 heavy (non-hydrogen) atoms. The molecule has 3 N–H and O–H groups in total. The Morgan fingerprint density at radius 1 is 0.962 bits per heavy atom. The summed E-state index contributed by atoms with van der Waals surface area (Å²) in [6, 6.07) is 16.5. The Balaban J connectivity index is 1.51. The maximum atomic E-state index is 12.0. The number of ether oxygens (including phenoxy) is 1. The number of hydrogen-bond acceptors (Lipinski definition) is 4. The van der Waals surface area contributed by atoms with Crippen molar-refractivity contribution in [1.29, 1.82) is 0 Å². The number of amides is 3. The lowest BCUT2D eigenvalue weighted by molar-refractivity contribution is -0.118. The molecule has 0 unspecified atom stereocenters. The molecule has 1 aliphatic carbocycles. The van der Waals surface area contributed by atoms with Crippen molar-refractivity contribution in [2.45, 2.75) is 31.7 Å². The van der Waals surface area contributed by atoms with E-state index in [2.05, 4.69) is 16.0 Å². The van der Waals surface area contributed by atoms with E-state index in [0.29, 0.717) is 17.2 Å². The molecule has 3 amide bonds. The number of nitrogens with one attached hydrogen (secondary N) is 3. The Morgan fingerprint density at radius 2 is 1.65 bits per heavy atom. The van der Waals surface area contributed by atoms with Gasteiger partial charge in [-0.05, 0) is 37.1 Å². The predicted molar refractivity (Wildman–Crippen MR) is 100 cm³/mol. The van der Waals surface area contributed by atoms with E-state index in [1.54, 1.807) is 0 Å². The normalized spacial score (nSPS) is 13.8. The van der Waals surface area contributed by atoms with E-state index in [-0.39, 0.29) is 12.6 Å². The Hall–Kier alpha value is -3.02. The lowest BCUT2D eigenvalue weighted by Gasteiger charge is -2.14. The van der Waals surface area contributed by atoms with Gasteiger partial charge in [0.05, 0.1) is 12.2 Å². The predicted octanol–water partition coefficient (Wildman–Crippen LogP) is 3.66. The highest BCUT2D eigenvalue weighted by atomic mass is 16.5. The van der Waals surface area contributed by atoms with Gasteiger partial charge in [0.2, 0.25) is 5.91 Å². The van der Waals surface area contributed by atoms with E-state index in [0.717, 1.165) is 25.7 Å². The van der Waals surface area contributed by atoms with Crippen molar-refractivity contribution < 1.29 is 14.3 Å². The molecule has 3 rings (SSSR count). The minimum absolute atomic E-state index is 0.0206. The van der Waals surface area contributed by atoms with Gasteiger partial charge in [0, 0.05) is 6.04 Å². The molecule has 0 spiro atoms. The van der Waals surface area contributed by atoms with Gasteiger partial charge in [0.25, 0.3) is 0 Å². The molecule has 0 bridgehead atoms. The quantitative estimate of drug-likeness (QED) is 0.740. The molecule has 0 aliphatic heterocycles. The van der Waals surface area contributed by atoms with Crippen LogP contribution < -0.4 is 20.7 Å². The van der Waals surface area contributed by atoms with Crippen molar-refractivity contribution in [2.24, 2.45) is 0 Å². The van der Waals surface area contributed by atoms with E-state index >= 15 is 0 Å². The minimum atomic E-state index is -0.433. The second-order valence-electron chi connectivity index (χ2n) is 6.27. The van der Waals surface area contributed by atoms with Gasteiger partial charge in [-0.25, -0.2) is 4.79 Å². The summed E-state index contributed by atoms with van der Waals surface area (Å²) >= 11 is 0. The first-order valence-corrected chi connectivity index (χ1v) is 8.87. The second-order valence-corrected chi connectivity index (χ2v) is 6.27. The minimum Gasteiger partial charge on any atom is -0.455 e. The number of rotatable bonds is 6. The fourth-order valence-corrected chi connectivity index (χ4v) is 2.96. The van der Waals surface area contributed by atoms with Crippen LogP contribution in [0, 0.1) is 0 Å². The maximum absolute atomic E-state index is 12.0. The molecule has 0 heterocycles. The van der Waals surface area contributed by atoms with Crippen molar-refractivity contribution >= 4 is 17.6 Å². The lowest BCUT2D eigenvalue weighted by Crippen LogP contribution is -2.45. The van der Waals surface area contributed by atoms with Crippen LogP contribution in [-0.4, -0.2) is 24.5 Å². The summed E-state index contributed by atoms with van der Waals surface area (Å²) in [5, 5.41) is 8.20. The first-order chi connectivity index (χ1) is 12.7. The molecule has 1 aliphatic rings. The molecule has 0 atom stereocenters. The molecule has 1 saturated carbocycles. The summed E-state index contributed by atoms with van der Waals surface area (Å²) < 4.78 is 5.84. The van der Waals surface area contributed by atoms with Crippen molar-refractivity contribution in [3.05, 3.63) is 54.6 Å². The number of carbonyl (C=O) groups excluding carboxylic acids is 2. The average Bonchev–Trinajstić information content (AvgIpc) is 3.14. The first kappa shape index (κ1) is 17.8. The molecule has 2 aromatic carbocycles. The van der Waals surface area contributed by atoms with Gasteiger partial charge in [0.1, 0.15) is 5.75 Å². The molecule has 0 aromatic heterocycles. The zero-order chi connectivity index (χ0) is 18.2. The zero-order valence-corrected chi connectivity index (χ0v) is 14.5. The van der Waals surface area contributed by atoms with Crippen molar-refractivity contribution in [3.8, 4) is 11.5 Å². The summed E-state index contributed by atoms with van der Waals surface area (Å²) in [6.45, 7) is -0.0206. The topological polar surface area (TPSA) is 79.5 Å². The van der Waals surface area contributed by atoms with Crippen LogP contribution in [0.3, 0.4) is 0 Å². The van der Waals surface area contributed by atoms with Crippen LogP contribution in [0.25, 0.3) is 0 Å². The number of imide groups is 1. The van der Waals surface area contributed by atoms with Crippen LogP contribution in [0.5, 0.6) is 11.5 Å². The van der Waals surface area contributed by atoms with Gasteiger partial charge in [-0.15, -0.1) is 0 Å². The SMILES string of the molecule is O=C(CNc1ccccc1Oc1ccccc1)NC(=O)NC1CCCC1. The van der Waals surface area contributed by atoms with Gasteiger partial charge in [-0.2, -0.15) is 0 Å². The fraction of sp³-hybridized carbons (Fsp3) is 0.300.